The number of benzene rings is 1. The summed E-state index contributed by atoms with van der Waals surface area (Å²) in [6, 6.07) is 7.01. The number of rotatable bonds is 6. The average molecular weight is 370 g/mol. The molecule has 9 heteroatoms. The van der Waals surface area contributed by atoms with Gasteiger partial charge in [0.1, 0.15) is 10.9 Å². The summed E-state index contributed by atoms with van der Waals surface area (Å²) < 4.78 is 32.7. The molecule has 0 fully saturated rings. The number of amides is 1. The zero-order valence-electron chi connectivity index (χ0n) is 13.1. The Balaban J connectivity index is 2.05. The number of imidazole rings is 1. The maximum absolute atomic E-state index is 12.1. The summed E-state index contributed by atoms with van der Waals surface area (Å²) in [5.74, 6) is -0.0860. The van der Waals surface area contributed by atoms with Crippen molar-refractivity contribution < 1.29 is 17.9 Å². The van der Waals surface area contributed by atoms with Gasteiger partial charge in [-0.1, -0.05) is 23.7 Å². The topological polar surface area (TPSA) is 90.3 Å². The zero-order chi connectivity index (χ0) is 17.7. The first-order valence-corrected chi connectivity index (χ1v) is 8.84. The number of carbonyl (C=O) groups is 1. The van der Waals surface area contributed by atoms with Gasteiger partial charge in [0.05, 0.1) is 12.9 Å². The van der Waals surface area contributed by atoms with Gasteiger partial charge in [-0.15, -0.1) is 0 Å². The smallest absolute Gasteiger partial charge is 0.284 e. The second kappa shape index (κ2) is 7.50. The largest absolute Gasteiger partial charge is 0.494 e. The van der Waals surface area contributed by atoms with E-state index >= 15 is 0 Å². The van der Waals surface area contributed by atoms with E-state index in [0.29, 0.717) is 12.4 Å². The molecule has 0 aliphatic heterocycles. The van der Waals surface area contributed by atoms with Gasteiger partial charge >= 0.3 is 0 Å². The number of hydrogen-bond acceptors (Lipinski definition) is 5. The van der Waals surface area contributed by atoms with Crippen LogP contribution in [0.1, 0.15) is 12.5 Å². The molecule has 1 amide bonds. The second-order valence-corrected chi connectivity index (χ2v) is 6.71. The van der Waals surface area contributed by atoms with E-state index in [1.165, 1.54) is 17.0 Å². The zero-order valence-corrected chi connectivity index (χ0v) is 14.6. The summed E-state index contributed by atoms with van der Waals surface area (Å²) in [6.07, 6.45) is 3.85. The third-order valence-corrected chi connectivity index (χ3v) is 4.78. The first-order chi connectivity index (χ1) is 11.3. The lowest BCUT2D eigenvalue weighted by molar-refractivity contribution is -0.114. The van der Waals surface area contributed by atoms with Crippen molar-refractivity contribution in [3.8, 4) is 5.75 Å². The van der Waals surface area contributed by atoms with Gasteiger partial charge in [0, 0.05) is 13.1 Å². The molecule has 0 aliphatic rings. The first-order valence-electron chi connectivity index (χ1n) is 6.98. The molecule has 0 saturated carbocycles. The highest BCUT2D eigenvalue weighted by atomic mass is 35.5. The van der Waals surface area contributed by atoms with Crippen molar-refractivity contribution >= 4 is 33.6 Å². The number of sulfonamides is 1. The third-order valence-electron chi connectivity index (χ3n) is 2.94. The number of aryl methyl sites for hydroxylation is 1. The Morgan fingerprint density at radius 3 is 2.58 bits per heavy atom. The van der Waals surface area contributed by atoms with E-state index in [0.717, 1.165) is 11.6 Å². The maximum atomic E-state index is 12.1. The van der Waals surface area contributed by atoms with Crippen LogP contribution in [-0.4, -0.2) is 30.5 Å². The van der Waals surface area contributed by atoms with Gasteiger partial charge in [0.2, 0.25) is 5.03 Å². The Morgan fingerprint density at radius 1 is 1.38 bits per heavy atom. The molecule has 0 bridgehead atoms. The normalized spacial score (nSPS) is 11.6. The molecular formula is C15H16ClN3O4S. The molecule has 1 aromatic heterocycles. The van der Waals surface area contributed by atoms with Crippen molar-refractivity contribution in [3.05, 3.63) is 47.4 Å². The van der Waals surface area contributed by atoms with Gasteiger partial charge in [0.15, 0.2) is 0 Å². The number of hydrogen-bond donors (Lipinski definition) is 1. The van der Waals surface area contributed by atoms with Crippen LogP contribution >= 0.6 is 11.6 Å². The van der Waals surface area contributed by atoms with Crippen LogP contribution in [0.4, 0.5) is 0 Å². The summed E-state index contributed by atoms with van der Waals surface area (Å²) in [7, 11) is -2.58. The van der Waals surface area contributed by atoms with E-state index < -0.39 is 21.0 Å². The second-order valence-electron chi connectivity index (χ2n) is 4.76. The van der Waals surface area contributed by atoms with Crippen LogP contribution in [0.2, 0.25) is 5.15 Å². The summed E-state index contributed by atoms with van der Waals surface area (Å²) in [5.41, 5.74) is 0.724. The highest BCUT2D eigenvalue weighted by Crippen LogP contribution is 2.18. The van der Waals surface area contributed by atoms with Crippen molar-refractivity contribution in [3.63, 3.8) is 0 Å². The van der Waals surface area contributed by atoms with E-state index in [-0.39, 0.29) is 5.15 Å². The van der Waals surface area contributed by atoms with Crippen molar-refractivity contribution in [1.29, 1.82) is 0 Å². The number of carbonyl (C=O) groups excluding carboxylic acids is 1. The van der Waals surface area contributed by atoms with E-state index in [2.05, 4.69) is 4.98 Å². The Bertz CT molecular complexity index is 857. The molecule has 1 aromatic carbocycles. The van der Waals surface area contributed by atoms with Crippen LogP contribution < -0.4 is 9.46 Å². The van der Waals surface area contributed by atoms with Gasteiger partial charge in [-0.3, -0.25) is 4.79 Å². The number of nitrogens with zero attached hydrogens (tertiary/aromatic N) is 2. The lowest BCUT2D eigenvalue weighted by Crippen LogP contribution is -2.29. The minimum atomic E-state index is -4.12. The van der Waals surface area contributed by atoms with Crippen molar-refractivity contribution in [1.82, 2.24) is 14.3 Å². The van der Waals surface area contributed by atoms with E-state index in [1.807, 2.05) is 11.6 Å². The van der Waals surface area contributed by atoms with Crippen molar-refractivity contribution in [2.45, 2.75) is 11.9 Å². The molecule has 128 valence electrons. The van der Waals surface area contributed by atoms with Gasteiger partial charge in [-0.2, -0.15) is 8.42 Å². The predicted octanol–water partition coefficient (Wildman–Crippen LogP) is 1.99. The summed E-state index contributed by atoms with van der Waals surface area (Å²) in [6.45, 7) is 2.44. The minimum absolute atomic E-state index is 0.0780. The molecule has 0 aliphatic carbocycles. The minimum Gasteiger partial charge on any atom is -0.494 e. The molecule has 0 saturated heterocycles. The Morgan fingerprint density at radius 2 is 2.04 bits per heavy atom. The lowest BCUT2D eigenvalue weighted by atomic mass is 10.2. The first kappa shape index (κ1) is 18.0. The summed E-state index contributed by atoms with van der Waals surface area (Å²) in [4.78, 5) is 15.5. The summed E-state index contributed by atoms with van der Waals surface area (Å²) >= 11 is 5.83. The highest BCUT2D eigenvalue weighted by Gasteiger charge is 2.23. The molecule has 2 aromatic rings. The van der Waals surface area contributed by atoms with Gasteiger partial charge in [0.25, 0.3) is 15.9 Å². The Hall–Kier alpha value is -2.32. The van der Waals surface area contributed by atoms with E-state index in [4.69, 9.17) is 16.3 Å². The fraction of sp³-hybridized carbons (Fsp3) is 0.200. The molecule has 24 heavy (non-hydrogen) atoms. The fourth-order valence-corrected chi connectivity index (χ4v) is 3.18. The molecule has 0 unspecified atom stereocenters. The summed E-state index contributed by atoms with van der Waals surface area (Å²) in [5, 5.41) is -0.472. The molecule has 1 N–H and O–H groups in total. The standard InChI is InChI=1S/C15H16ClN3O4S/c1-3-23-12-7-4-11(5-8-12)6-9-13(20)18-24(21,22)15-14(16)19(2)10-17-15/h4-10H,3H2,1-2H3,(H,18,20)/b9-6+. The fourth-order valence-electron chi connectivity index (χ4n) is 1.80. The van der Waals surface area contributed by atoms with E-state index in [9.17, 15) is 13.2 Å². The maximum Gasteiger partial charge on any atom is 0.284 e. The highest BCUT2D eigenvalue weighted by molar-refractivity contribution is 7.90. The predicted molar refractivity (Wildman–Crippen MR) is 90.2 cm³/mol. The van der Waals surface area contributed by atoms with Crippen LogP contribution in [0.25, 0.3) is 6.08 Å². The lowest BCUT2D eigenvalue weighted by Gasteiger charge is -2.03. The molecule has 0 spiro atoms. The van der Waals surface area contributed by atoms with Gasteiger partial charge in [-0.05, 0) is 30.7 Å². The van der Waals surface area contributed by atoms with E-state index in [1.54, 1.807) is 31.3 Å². The number of aromatic nitrogens is 2. The molecule has 0 atom stereocenters. The molecule has 7 nitrogen and oxygen atoms in total. The molecular weight excluding hydrogens is 354 g/mol. The average Bonchev–Trinajstić information content (AvgIpc) is 2.87. The molecule has 1 heterocycles. The number of ether oxygens (including phenoxy) is 1. The number of halogens is 1. The van der Waals surface area contributed by atoms with Gasteiger partial charge in [-0.25, -0.2) is 9.71 Å². The quantitative estimate of drug-likeness (QED) is 0.786. The van der Waals surface area contributed by atoms with Crippen LogP contribution in [0, 0.1) is 0 Å². The van der Waals surface area contributed by atoms with Crippen molar-refractivity contribution in [2.75, 3.05) is 6.61 Å². The number of nitrogens with one attached hydrogen (secondary N) is 1. The van der Waals surface area contributed by atoms with Crippen LogP contribution in [-0.2, 0) is 21.9 Å². The SMILES string of the molecule is CCOc1ccc(/C=C/C(=O)NS(=O)(=O)c2ncn(C)c2Cl)cc1. The monoisotopic (exact) mass is 369 g/mol. The van der Waals surface area contributed by atoms with Crippen LogP contribution in [0.3, 0.4) is 0 Å². The van der Waals surface area contributed by atoms with Crippen molar-refractivity contribution in [2.24, 2.45) is 7.05 Å². The molecule has 0 radical (unpaired) electrons. The molecule has 2 rings (SSSR count). The third kappa shape index (κ3) is 4.36. The Kier molecular flexibility index (Phi) is 5.63. The van der Waals surface area contributed by atoms with Gasteiger partial charge < -0.3 is 9.30 Å². The Labute approximate surface area is 145 Å². The van der Waals surface area contributed by atoms with Crippen LogP contribution in [0.5, 0.6) is 5.75 Å². The van der Waals surface area contributed by atoms with Crippen LogP contribution in [0.15, 0.2) is 41.7 Å².